The van der Waals surface area contributed by atoms with E-state index < -0.39 is 38.9 Å². The smallest absolute Gasteiger partial charge is 0.306 e. The van der Waals surface area contributed by atoms with Crippen molar-refractivity contribution in [2.45, 2.75) is 4.90 Å². The van der Waals surface area contributed by atoms with Crippen molar-refractivity contribution < 1.29 is 22.5 Å². The molecule has 0 radical (unpaired) electrons. The topological polar surface area (TPSA) is 110 Å². The Morgan fingerprint density at radius 2 is 1.88 bits per heavy atom. The molecule has 0 aromatic heterocycles. The van der Waals surface area contributed by atoms with Gasteiger partial charge in [-0.1, -0.05) is 18.2 Å². The molecule has 0 atom stereocenters. The monoisotopic (exact) mass is 367 g/mol. The minimum Gasteiger partial charge on any atom is -0.325 e. The van der Waals surface area contributed by atoms with Crippen LogP contribution in [0, 0.1) is 15.9 Å². The fourth-order valence-corrected chi connectivity index (χ4v) is 3.14. The van der Waals surface area contributed by atoms with Crippen molar-refractivity contribution in [2.24, 2.45) is 0 Å². The van der Waals surface area contributed by atoms with E-state index in [4.69, 9.17) is 0 Å². The molecule has 0 spiro atoms. The molecule has 1 N–H and O–H groups in total. The highest BCUT2D eigenvalue weighted by Crippen LogP contribution is 2.21. The first-order chi connectivity index (χ1) is 11.7. The number of nitrogens with one attached hydrogen (secondary N) is 1. The molecule has 1 amide bonds. The van der Waals surface area contributed by atoms with Gasteiger partial charge in [0.05, 0.1) is 16.4 Å². The lowest BCUT2D eigenvalue weighted by atomic mass is 10.2. The first-order valence-electron chi connectivity index (χ1n) is 6.97. The Morgan fingerprint density at radius 1 is 1.24 bits per heavy atom. The van der Waals surface area contributed by atoms with Crippen LogP contribution in [0.15, 0.2) is 53.4 Å². The molecule has 0 aliphatic carbocycles. The zero-order chi connectivity index (χ0) is 18.6. The lowest BCUT2D eigenvalue weighted by Crippen LogP contribution is -2.34. The van der Waals surface area contributed by atoms with Gasteiger partial charge in [0.15, 0.2) is 0 Å². The van der Waals surface area contributed by atoms with Crippen molar-refractivity contribution >= 4 is 27.3 Å². The van der Waals surface area contributed by atoms with Crippen LogP contribution < -0.4 is 5.32 Å². The third-order valence-corrected chi connectivity index (χ3v) is 5.06. The number of hydrogen-bond acceptors (Lipinski definition) is 5. The maximum atomic E-state index is 13.3. The van der Waals surface area contributed by atoms with E-state index in [0.717, 1.165) is 22.5 Å². The van der Waals surface area contributed by atoms with Crippen LogP contribution in [0.4, 0.5) is 15.8 Å². The zero-order valence-electron chi connectivity index (χ0n) is 13.0. The summed E-state index contributed by atoms with van der Waals surface area (Å²) in [6, 6.07) is 10.4. The second-order valence-corrected chi connectivity index (χ2v) is 7.09. The zero-order valence-corrected chi connectivity index (χ0v) is 13.9. The number of hydrogen-bond donors (Lipinski definition) is 1. The molecule has 0 bridgehead atoms. The third-order valence-electron chi connectivity index (χ3n) is 3.24. The van der Waals surface area contributed by atoms with Crippen LogP contribution in [0.25, 0.3) is 0 Å². The van der Waals surface area contributed by atoms with Gasteiger partial charge in [-0.25, -0.2) is 8.42 Å². The molecule has 2 aromatic rings. The third kappa shape index (κ3) is 4.37. The first-order valence-corrected chi connectivity index (χ1v) is 8.41. The van der Waals surface area contributed by atoms with Crippen LogP contribution in [0.1, 0.15) is 0 Å². The van der Waals surface area contributed by atoms with E-state index in [1.165, 1.54) is 19.2 Å². The molecule has 8 nitrogen and oxygen atoms in total. The van der Waals surface area contributed by atoms with E-state index in [-0.39, 0.29) is 10.6 Å². The normalized spacial score (nSPS) is 11.3. The van der Waals surface area contributed by atoms with Crippen molar-refractivity contribution in [3.05, 3.63) is 64.5 Å². The van der Waals surface area contributed by atoms with Gasteiger partial charge >= 0.3 is 5.69 Å². The van der Waals surface area contributed by atoms with E-state index in [9.17, 15) is 27.7 Å². The lowest BCUT2D eigenvalue weighted by Gasteiger charge is -2.16. The Hall–Kier alpha value is -2.85. The number of halogens is 1. The quantitative estimate of drug-likeness (QED) is 0.620. The molecule has 0 aliphatic rings. The summed E-state index contributed by atoms with van der Waals surface area (Å²) in [6.07, 6.45) is 0. The van der Waals surface area contributed by atoms with Gasteiger partial charge in [-0.3, -0.25) is 14.9 Å². The number of nitrogens with zero attached hydrogens (tertiary/aromatic N) is 2. The summed E-state index contributed by atoms with van der Waals surface area (Å²) in [5.41, 5.74) is -0.799. The highest BCUT2D eigenvalue weighted by molar-refractivity contribution is 7.89. The molecule has 132 valence electrons. The summed E-state index contributed by atoms with van der Waals surface area (Å²) in [5.74, 6) is -1.75. The lowest BCUT2D eigenvalue weighted by molar-refractivity contribution is -0.387. The van der Waals surface area contributed by atoms with Gasteiger partial charge in [-0.15, -0.1) is 0 Å². The number of nitro benzene ring substituents is 1. The summed E-state index contributed by atoms with van der Waals surface area (Å²) >= 11 is 0. The van der Waals surface area contributed by atoms with Crippen molar-refractivity contribution in [1.29, 1.82) is 0 Å². The maximum absolute atomic E-state index is 13.3. The number of amides is 1. The minimum absolute atomic E-state index is 0.0105. The molecule has 0 saturated carbocycles. The molecular formula is C15H14FN3O5S. The Labute approximate surface area is 143 Å². The Balaban J connectivity index is 2.10. The Morgan fingerprint density at radius 3 is 2.48 bits per heavy atom. The van der Waals surface area contributed by atoms with Crippen LogP contribution in [0.5, 0.6) is 0 Å². The van der Waals surface area contributed by atoms with Gasteiger partial charge in [0.2, 0.25) is 21.7 Å². The summed E-state index contributed by atoms with van der Waals surface area (Å²) < 4.78 is 38.7. The van der Waals surface area contributed by atoms with Crippen molar-refractivity contribution in [3.8, 4) is 0 Å². The van der Waals surface area contributed by atoms with Crippen LogP contribution in [-0.4, -0.2) is 37.1 Å². The molecule has 2 rings (SSSR count). The Bertz CT molecular complexity index is 903. The predicted molar refractivity (Wildman–Crippen MR) is 87.9 cm³/mol. The number of sulfonamides is 1. The minimum atomic E-state index is -3.85. The van der Waals surface area contributed by atoms with Gasteiger partial charge < -0.3 is 5.32 Å². The summed E-state index contributed by atoms with van der Waals surface area (Å²) in [4.78, 5) is 21.8. The highest BCUT2D eigenvalue weighted by atomic mass is 32.2. The van der Waals surface area contributed by atoms with E-state index in [2.05, 4.69) is 5.32 Å². The number of anilines is 1. The molecule has 10 heteroatoms. The van der Waals surface area contributed by atoms with Gasteiger partial charge in [0.1, 0.15) is 0 Å². The van der Waals surface area contributed by atoms with Crippen LogP contribution >= 0.6 is 0 Å². The fraction of sp³-hybridized carbons (Fsp3) is 0.133. The predicted octanol–water partition coefficient (Wildman–Crippen LogP) is 1.99. The van der Waals surface area contributed by atoms with Crippen molar-refractivity contribution in [3.63, 3.8) is 0 Å². The SMILES string of the molecule is CN(CC(=O)Nc1ccc(F)c([N+](=O)[O-])c1)S(=O)(=O)c1ccccc1. The number of carbonyl (C=O) groups is 1. The molecule has 0 saturated heterocycles. The molecule has 0 aliphatic heterocycles. The number of rotatable bonds is 6. The van der Waals surface area contributed by atoms with Crippen molar-refractivity contribution in [2.75, 3.05) is 18.9 Å². The van der Waals surface area contributed by atoms with Gasteiger partial charge in [0, 0.05) is 18.8 Å². The van der Waals surface area contributed by atoms with Crippen molar-refractivity contribution in [1.82, 2.24) is 4.31 Å². The summed E-state index contributed by atoms with van der Waals surface area (Å²) in [5, 5.41) is 13.0. The molecular weight excluding hydrogens is 353 g/mol. The number of benzene rings is 2. The number of carbonyl (C=O) groups excluding carboxylic acids is 1. The maximum Gasteiger partial charge on any atom is 0.306 e. The second-order valence-electron chi connectivity index (χ2n) is 5.05. The molecule has 0 heterocycles. The average molecular weight is 367 g/mol. The van der Waals surface area contributed by atoms with E-state index in [1.54, 1.807) is 18.2 Å². The van der Waals surface area contributed by atoms with Crippen LogP contribution in [0.3, 0.4) is 0 Å². The average Bonchev–Trinajstić information content (AvgIpc) is 2.57. The number of likely N-dealkylation sites (N-methyl/N-ethyl adjacent to an activating group) is 1. The molecule has 25 heavy (non-hydrogen) atoms. The van der Waals surface area contributed by atoms with E-state index >= 15 is 0 Å². The van der Waals surface area contributed by atoms with Gasteiger partial charge in [0.25, 0.3) is 0 Å². The van der Waals surface area contributed by atoms with E-state index in [0.29, 0.717) is 0 Å². The largest absolute Gasteiger partial charge is 0.325 e. The fourth-order valence-electron chi connectivity index (χ4n) is 1.99. The van der Waals surface area contributed by atoms with Crippen LogP contribution in [-0.2, 0) is 14.8 Å². The van der Waals surface area contributed by atoms with Gasteiger partial charge in [-0.05, 0) is 24.3 Å². The number of nitro groups is 1. The first kappa shape index (κ1) is 18.5. The molecule has 2 aromatic carbocycles. The molecule has 0 fully saturated rings. The van der Waals surface area contributed by atoms with Gasteiger partial charge in [-0.2, -0.15) is 8.70 Å². The van der Waals surface area contributed by atoms with E-state index in [1.807, 2.05) is 0 Å². The highest BCUT2D eigenvalue weighted by Gasteiger charge is 2.23. The molecule has 0 unspecified atom stereocenters. The standard InChI is InChI=1S/C15H14FN3O5S/c1-18(25(23,24)12-5-3-2-4-6-12)10-15(20)17-11-7-8-13(16)14(9-11)19(21)22/h2-9H,10H2,1H3,(H,17,20). The summed E-state index contributed by atoms with van der Waals surface area (Å²) in [7, 11) is -2.62. The summed E-state index contributed by atoms with van der Waals surface area (Å²) in [6.45, 7) is -0.512. The second kappa shape index (κ2) is 7.36. The van der Waals surface area contributed by atoms with Crippen LogP contribution in [0.2, 0.25) is 0 Å². The Kier molecular flexibility index (Phi) is 5.45.